The second kappa shape index (κ2) is 7.22. The number of amides is 1. The summed E-state index contributed by atoms with van der Waals surface area (Å²) in [6.45, 7) is 5.73. The number of benzene rings is 1. The van der Waals surface area contributed by atoms with Crippen molar-refractivity contribution in [2.24, 2.45) is 0 Å². The van der Waals surface area contributed by atoms with Crippen LogP contribution in [0.2, 0.25) is 0 Å². The molecule has 1 aromatic carbocycles. The number of methoxy groups -OCH3 is 2. The first-order valence-electron chi connectivity index (χ1n) is 9.22. The summed E-state index contributed by atoms with van der Waals surface area (Å²) < 4.78 is 16.3. The SMILES string of the molecule is COc1cc(CC2=CC3CCC(C2)N3C(=O)OC(C)(C)C)cc(OC)c1. The molecule has 2 bridgehead atoms. The third-order valence-electron chi connectivity index (χ3n) is 4.92. The van der Waals surface area contributed by atoms with Gasteiger partial charge < -0.3 is 14.2 Å². The van der Waals surface area contributed by atoms with Crippen molar-refractivity contribution in [3.63, 3.8) is 0 Å². The van der Waals surface area contributed by atoms with Crippen LogP contribution in [0.25, 0.3) is 0 Å². The van der Waals surface area contributed by atoms with E-state index in [4.69, 9.17) is 14.2 Å². The van der Waals surface area contributed by atoms with Gasteiger partial charge in [0.05, 0.1) is 20.3 Å². The van der Waals surface area contributed by atoms with Crippen LogP contribution >= 0.6 is 0 Å². The average Bonchev–Trinajstić information content (AvgIpc) is 2.84. The minimum atomic E-state index is -0.461. The highest BCUT2D eigenvalue weighted by molar-refractivity contribution is 5.70. The number of nitrogens with zero attached hydrogens (tertiary/aromatic N) is 1. The van der Waals surface area contributed by atoms with Gasteiger partial charge in [0.25, 0.3) is 0 Å². The lowest BCUT2D eigenvalue weighted by molar-refractivity contribution is 0.0166. The first-order valence-corrected chi connectivity index (χ1v) is 9.22. The number of rotatable bonds is 4. The fourth-order valence-corrected chi connectivity index (χ4v) is 3.88. The molecule has 1 amide bonds. The molecule has 1 aromatic rings. The van der Waals surface area contributed by atoms with E-state index >= 15 is 0 Å². The van der Waals surface area contributed by atoms with Crippen LogP contribution in [0.15, 0.2) is 29.8 Å². The summed E-state index contributed by atoms with van der Waals surface area (Å²) in [5.41, 5.74) is 2.07. The Hall–Kier alpha value is -2.17. The van der Waals surface area contributed by atoms with E-state index in [-0.39, 0.29) is 18.2 Å². The van der Waals surface area contributed by atoms with Gasteiger partial charge in [0.2, 0.25) is 0 Å². The maximum absolute atomic E-state index is 12.5. The molecule has 0 N–H and O–H groups in total. The highest BCUT2D eigenvalue weighted by Crippen LogP contribution is 2.37. The van der Waals surface area contributed by atoms with Crippen LogP contribution in [0.4, 0.5) is 4.79 Å². The number of carbonyl (C=O) groups excluding carboxylic acids is 1. The summed E-state index contributed by atoms with van der Waals surface area (Å²) in [5, 5.41) is 0. The van der Waals surface area contributed by atoms with Crippen LogP contribution in [0.5, 0.6) is 11.5 Å². The van der Waals surface area contributed by atoms with Crippen LogP contribution < -0.4 is 9.47 Å². The van der Waals surface area contributed by atoms with Crippen LogP contribution in [-0.2, 0) is 11.2 Å². The lowest BCUT2D eigenvalue weighted by Crippen LogP contribution is -2.45. The minimum absolute atomic E-state index is 0.145. The van der Waals surface area contributed by atoms with Crippen molar-refractivity contribution in [1.82, 2.24) is 4.90 Å². The number of hydrogen-bond donors (Lipinski definition) is 0. The highest BCUT2D eigenvalue weighted by Gasteiger charge is 2.41. The second-order valence-electron chi connectivity index (χ2n) is 8.11. The Balaban J connectivity index is 1.74. The molecule has 0 saturated carbocycles. The topological polar surface area (TPSA) is 48.0 Å². The van der Waals surface area contributed by atoms with Crippen molar-refractivity contribution in [2.75, 3.05) is 14.2 Å². The molecule has 2 aliphatic rings. The number of fused-ring (bicyclic) bond motifs is 2. The minimum Gasteiger partial charge on any atom is -0.497 e. The van der Waals surface area contributed by atoms with Crippen molar-refractivity contribution >= 4 is 6.09 Å². The van der Waals surface area contributed by atoms with Gasteiger partial charge in [0.1, 0.15) is 17.1 Å². The Bertz CT molecular complexity index is 682. The molecule has 26 heavy (non-hydrogen) atoms. The third-order valence-corrected chi connectivity index (χ3v) is 4.92. The Morgan fingerprint density at radius 1 is 1.12 bits per heavy atom. The van der Waals surface area contributed by atoms with E-state index in [9.17, 15) is 4.79 Å². The van der Waals surface area contributed by atoms with E-state index in [1.54, 1.807) is 14.2 Å². The summed E-state index contributed by atoms with van der Waals surface area (Å²) in [5.74, 6) is 1.60. The van der Waals surface area contributed by atoms with Gasteiger partial charge in [-0.05, 0) is 64.2 Å². The van der Waals surface area contributed by atoms with Crippen LogP contribution in [-0.4, -0.2) is 42.9 Å². The first-order chi connectivity index (χ1) is 12.3. The van der Waals surface area contributed by atoms with Crippen molar-refractivity contribution in [3.8, 4) is 11.5 Å². The molecular weight excluding hydrogens is 330 g/mol. The number of ether oxygens (including phenoxy) is 3. The molecule has 0 aliphatic carbocycles. The van der Waals surface area contributed by atoms with Crippen molar-refractivity contribution < 1.29 is 19.0 Å². The third kappa shape index (κ3) is 4.14. The van der Waals surface area contributed by atoms with Crippen LogP contribution in [0, 0.1) is 0 Å². The Labute approximate surface area is 155 Å². The summed E-state index contributed by atoms with van der Waals surface area (Å²) in [7, 11) is 3.33. The average molecular weight is 359 g/mol. The monoisotopic (exact) mass is 359 g/mol. The Morgan fingerprint density at radius 2 is 1.77 bits per heavy atom. The molecule has 3 rings (SSSR count). The molecule has 142 valence electrons. The molecule has 0 spiro atoms. The van der Waals surface area contributed by atoms with Gasteiger partial charge in [-0.25, -0.2) is 4.79 Å². The smallest absolute Gasteiger partial charge is 0.411 e. The summed E-state index contributed by atoms with van der Waals surface area (Å²) in [4.78, 5) is 14.5. The highest BCUT2D eigenvalue weighted by atomic mass is 16.6. The molecular formula is C21H29NO4. The predicted molar refractivity (Wildman–Crippen MR) is 101 cm³/mol. The van der Waals surface area contributed by atoms with Gasteiger partial charge in [0.15, 0.2) is 0 Å². The molecule has 0 radical (unpaired) electrons. The van der Waals surface area contributed by atoms with E-state index < -0.39 is 5.60 Å². The lowest BCUT2D eigenvalue weighted by Gasteiger charge is -2.35. The van der Waals surface area contributed by atoms with E-state index in [0.717, 1.165) is 42.7 Å². The second-order valence-corrected chi connectivity index (χ2v) is 8.11. The first kappa shape index (κ1) is 18.6. The molecule has 0 aromatic heterocycles. The zero-order valence-electron chi connectivity index (χ0n) is 16.4. The zero-order valence-corrected chi connectivity index (χ0v) is 16.4. The maximum Gasteiger partial charge on any atom is 0.411 e. The predicted octanol–water partition coefficient (Wildman–Crippen LogP) is 4.34. The lowest BCUT2D eigenvalue weighted by atomic mass is 9.95. The van der Waals surface area contributed by atoms with Crippen molar-refractivity contribution in [1.29, 1.82) is 0 Å². The Kier molecular flexibility index (Phi) is 5.17. The zero-order chi connectivity index (χ0) is 18.9. The number of carbonyl (C=O) groups is 1. The summed E-state index contributed by atoms with van der Waals surface area (Å²) >= 11 is 0. The van der Waals surface area contributed by atoms with E-state index in [2.05, 4.69) is 6.08 Å². The largest absolute Gasteiger partial charge is 0.497 e. The maximum atomic E-state index is 12.5. The van der Waals surface area contributed by atoms with Crippen molar-refractivity contribution in [3.05, 3.63) is 35.4 Å². The summed E-state index contributed by atoms with van der Waals surface area (Å²) in [6.07, 6.45) is 5.85. The molecule has 2 aliphatic heterocycles. The summed E-state index contributed by atoms with van der Waals surface area (Å²) in [6, 6.07) is 6.36. The Morgan fingerprint density at radius 3 is 2.31 bits per heavy atom. The van der Waals surface area contributed by atoms with Gasteiger partial charge in [-0.1, -0.05) is 11.6 Å². The molecule has 1 fully saturated rings. The normalized spacial score (nSPS) is 22.0. The fourth-order valence-electron chi connectivity index (χ4n) is 3.88. The van der Waals surface area contributed by atoms with E-state index in [1.807, 2.05) is 43.9 Å². The molecule has 5 heteroatoms. The van der Waals surface area contributed by atoms with Gasteiger partial charge in [-0.15, -0.1) is 0 Å². The quantitative estimate of drug-likeness (QED) is 0.750. The molecule has 2 heterocycles. The van der Waals surface area contributed by atoms with Crippen LogP contribution in [0.3, 0.4) is 0 Å². The molecule has 2 atom stereocenters. The number of hydrogen-bond acceptors (Lipinski definition) is 4. The van der Waals surface area contributed by atoms with E-state index in [0.29, 0.717) is 0 Å². The fraction of sp³-hybridized carbons (Fsp3) is 0.571. The van der Waals surface area contributed by atoms with Crippen molar-refractivity contribution in [2.45, 2.75) is 64.1 Å². The van der Waals surface area contributed by atoms with Crippen LogP contribution in [0.1, 0.15) is 45.6 Å². The standard InChI is InChI=1S/C21H29NO4/c1-21(2,3)26-20(23)22-16-6-7-17(22)10-14(9-16)8-15-11-18(24-4)13-19(12-15)25-5/h9,11-13,16-17H,6-8,10H2,1-5H3. The van der Waals surface area contributed by atoms with Gasteiger partial charge in [-0.2, -0.15) is 0 Å². The van der Waals surface area contributed by atoms with Gasteiger partial charge >= 0.3 is 6.09 Å². The van der Waals surface area contributed by atoms with Gasteiger partial charge in [-0.3, -0.25) is 4.90 Å². The molecule has 1 saturated heterocycles. The van der Waals surface area contributed by atoms with E-state index in [1.165, 1.54) is 5.57 Å². The van der Waals surface area contributed by atoms with Gasteiger partial charge in [0, 0.05) is 12.1 Å². The molecule has 2 unspecified atom stereocenters. The molecule has 5 nitrogen and oxygen atoms in total.